The molecule has 0 spiro atoms. The van der Waals surface area contributed by atoms with E-state index in [-0.39, 0.29) is 5.78 Å². The van der Waals surface area contributed by atoms with Gasteiger partial charge in [-0.1, -0.05) is 35.0 Å². The van der Waals surface area contributed by atoms with E-state index >= 15 is 0 Å². The van der Waals surface area contributed by atoms with Crippen molar-refractivity contribution in [3.05, 3.63) is 46.2 Å². The highest BCUT2D eigenvalue weighted by molar-refractivity contribution is 9.10. The highest BCUT2D eigenvalue weighted by atomic mass is 79.9. The summed E-state index contributed by atoms with van der Waals surface area (Å²) in [4.78, 5) is 12.5. The topological polar surface area (TPSA) is 44.1 Å². The second-order valence-corrected chi connectivity index (χ2v) is 5.43. The van der Waals surface area contributed by atoms with Gasteiger partial charge in [-0.05, 0) is 24.1 Å². The maximum Gasteiger partial charge on any atom is 0.189 e. The van der Waals surface area contributed by atoms with Crippen LogP contribution in [0.5, 0.6) is 5.75 Å². The Labute approximate surface area is 126 Å². The number of methoxy groups -OCH3 is 1. The summed E-state index contributed by atoms with van der Waals surface area (Å²) in [6.45, 7) is 2.77. The summed E-state index contributed by atoms with van der Waals surface area (Å²) < 4.78 is 7.96. The minimum absolute atomic E-state index is 0.0233. The molecule has 0 aliphatic heterocycles. The molecule has 4 nitrogen and oxygen atoms in total. The Balaban J connectivity index is 2.23. The van der Waals surface area contributed by atoms with E-state index in [4.69, 9.17) is 4.74 Å². The van der Waals surface area contributed by atoms with Crippen molar-refractivity contribution in [2.75, 3.05) is 7.11 Å². The van der Waals surface area contributed by atoms with Gasteiger partial charge in [0.15, 0.2) is 11.5 Å². The van der Waals surface area contributed by atoms with Crippen LogP contribution in [-0.2, 0) is 13.0 Å². The largest absolute Gasteiger partial charge is 0.493 e. The Kier molecular flexibility index (Phi) is 4.95. The Morgan fingerprint density at radius 1 is 1.35 bits per heavy atom. The van der Waals surface area contributed by atoms with Crippen LogP contribution in [0, 0.1) is 0 Å². The Bertz CT molecular complexity index is 590. The van der Waals surface area contributed by atoms with Gasteiger partial charge in [0, 0.05) is 17.4 Å². The summed E-state index contributed by atoms with van der Waals surface area (Å²) >= 11 is 3.39. The molecule has 2 aromatic rings. The summed E-state index contributed by atoms with van der Waals surface area (Å²) in [6.07, 6.45) is 2.87. The first kappa shape index (κ1) is 14.8. The number of halogens is 1. The molecule has 5 heteroatoms. The van der Waals surface area contributed by atoms with E-state index in [1.807, 2.05) is 24.3 Å². The molecule has 106 valence electrons. The molecule has 1 aromatic carbocycles. The van der Waals surface area contributed by atoms with Crippen LogP contribution in [0.4, 0.5) is 0 Å². The average molecular weight is 337 g/mol. The molecule has 0 atom stereocenters. The zero-order valence-corrected chi connectivity index (χ0v) is 13.2. The lowest BCUT2D eigenvalue weighted by Crippen LogP contribution is -2.13. The molecule has 0 bridgehead atoms. The number of hydrogen-bond donors (Lipinski definition) is 0. The highest BCUT2D eigenvalue weighted by Gasteiger charge is 2.19. The molecule has 0 radical (unpaired) electrons. The van der Waals surface area contributed by atoms with Crippen LogP contribution in [-0.4, -0.2) is 22.7 Å². The van der Waals surface area contributed by atoms with Gasteiger partial charge in [0.2, 0.25) is 0 Å². The van der Waals surface area contributed by atoms with Crippen LogP contribution < -0.4 is 4.74 Å². The zero-order chi connectivity index (χ0) is 14.5. The Morgan fingerprint density at radius 2 is 2.05 bits per heavy atom. The van der Waals surface area contributed by atoms with Gasteiger partial charge in [0.25, 0.3) is 0 Å². The fourth-order valence-corrected chi connectivity index (χ4v) is 2.32. The van der Waals surface area contributed by atoms with Gasteiger partial charge in [0.1, 0.15) is 5.69 Å². The normalized spacial score (nSPS) is 10.6. The van der Waals surface area contributed by atoms with Crippen molar-refractivity contribution in [3.63, 3.8) is 0 Å². The first-order chi connectivity index (χ1) is 9.65. The molecule has 0 aliphatic rings. The fourth-order valence-electron chi connectivity index (χ4n) is 2.05. The van der Waals surface area contributed by atoms with Crippen molar-refractivity contribution in [3.8, 4) is 5.75 Å². The van der Waals surface area contributed by atoms with E-state index in [9.17, 15) is 4.79 Å². The number of Topliss-reactive ketones (excluding diaryl/α,β-unsaturated/α-hetero) is 1. The lowest BCUT2D eigenvalue weighted by Gasteiger charge is -2.07. The van der Waals surface area contributed by atoms with Gasteiger partial charge in [-0.15, -0.1) is 0 Å². The molecule has 0 aliphatic carbocycles. The van der Waals surface area contributed by atoms with E-state index in [2.05, 4.69) is 28.0 Å². The number of ketones is 1. The van der Waals surface area contributed by atoms with Crippen LogP contribution >= 0.6 is 15.9 Å². The Morgan fingerprint density at radius 3 is 2.65 bits per heavy atom. The van der Waals surface area contributed by atoms with Crippen molar-refractivity contribution < 1.29 is 9.53 Å². The van der Waals surface area contributed by atoms with Crippen LogP contribution in [0.25, 0.3) is 0 Å². The first-order valence-electron chi connectivity index (χ1n) is 6.53. The number of benzene rings is 1. The SMILES string of the molecule is CCCn1ncc(OC)c1C(=O)Cc1ccc(Br)cc1. The molecule has 2 rings (SSSR count). The molecule has 20 heavy (non-hydrogen) atoms. The number of nitrogens with zero attached hydrogens (tertiary/aromatic N) is 2. The fraction of sp³-hybridized carbons (Fsp3) is 0.333. The molecule has 0 unspecified atom stereocenters. The van der Waals surface area contributed by atoms with E-state index in [1.54, 1.807) is 18.0 Å². The molecule has 0 fully saturated rings. The molecular weight excluding hydrogens is 320 g/mol. The van der Waals surface area contributed by atoms with E-state index < -0.39 is 0 Å². The number of carbonyl (C=O) groups is 1. The molecule has 0 saturated carbocycles. The molecule has 0 amide bonds. The standard InChI is InChI=1S/C15H17BrN2O2/c1-3-8-18-15(14(20-2)10-17-18)13(19)9-11-4-6-12(16)7-5-11/h4-7,10H,3,8-9H2,1-2H3. The summed E-state index contributed by atoms with van der Waals surface area (Å²) in [5, 5.41) is 4.22. The summed E-state index contributed by atoms with van der Waals surface area (Å²) in [5.41, 5.74) is 1.53. The quantitative estimate of drug-likeness (QED) is 0.758. The van der Waals surface area contributed by atoms with Crippen molar-refractivity contribution in [1.29, 1.82) is 0 Å². The zero-order valence-electron chi connectivity index (χ0n) is 11.6. The molecule has 0 N–H and O–H groups in total. The van der Waals surface area contributed by atoms with Crippen molar-refractivity contribution >= 4 is 21.7 Å². The van der Waals surface area contributed by atoms with Crippen molar-refractivity contribution in [2.24, 2.45) is 0 Å². The molecular formula is C15H17BrN2O2. The third-order valence-electron chi connectivity index (χ3n) is 3.00. The van der Waals surface area contributed by atoms with Crippen molar-refractivity contribution in [1.82, 2.24) is 9.78 Å². The monoisotopic (exact) mass is 336 g/mol. The number of rotatable bonds is 6. The van der Waals surface area contributed by atoms with E-state index in [0.717, 1.165) is 16.5 Å². The van der Waals surface area contributed by atoms with Gasteiger partial charge < -0.3 is 4.74 Å². The summed E-state index contributed by atoms with van der Waals surface area (Å²) in [5.74, 6) is 0.565. The average Bonchev–Trinajstić information content (AvgIpc) is 2.85. The number of ether oxygens (including phenoxy) is 1. The number of carbonyl (C=O) groups excluding carboxylic acids is 1. The first-order valence-corrected chi connectivity index (χ1v) is 7.32. The predicted molar refractivity (Wildman–Crippen MR) is 81.2 cm³/mol. The second-order valence-electron chi connectivity index (χ2n) is 4.51. The van der Waals surface area contributed by atoms with Gasteiger partial charge in [0.05, 0.1) is 13.3 Å². The maximum atomic E-state index is 12.5. The maximum absolute atomic E-state index is 12.5. The van der Waals surface area contributed by atoms with Crippen LogP contribution in [0.1, 0.15) is 29.4 Å². The van der Waals surface area contributed by atoms with Gasteiger partial charge in [-0.25, -0.2) is 0 Å². The van der Waals surface area contributed by atoms with Gasteiger partial charge in [-0.2, -0.15) is 5.10 Å². The minimum atomic E-state index is 0.0233. The lowest BCUT2D eigenvalue weighted by atomic mass is 10.1. The summed E-state index contributed by atoms with van der Waals surface area (Å²) in [7, 11) is 1.56. The predicted octanol–water partition coefficient (Wildman–Crippen LogP) is 3.49. The van der Waals surface area contributed by atoms with Crippen molar-refractivity contribution in [2.45, 2.75) is 26.3 Å². The van der Waals surface area contributed by atoms with E-state index in [0.29, 0.717) is 24.4 Å². The van der Waals surface area contributed by atoms with Crippen LogP contribution in [0.2, 0.25) is 0 Å². The smallest absolute Gasteiger partial charge is 0.189 e. The van der Waals surface area contributed by atoms with Crippen LogP contribution in [0.15, 0.2) is 34.9 Å². The number of aryl methyl sites for hydroxylation is 1. The number of aromatic nitrogens is 2. The second kappa shape index (κ2) is 6.70. The van der Waals surface area contributed by atoms with Crippen LogP contribution in [0.3, 0.4) is 0 Å². The molecule has 1 aromatic heterocycles. The molecule has 1 heterocycles. The van der Waals surface area contributed by atoms with E-state index in [1.165, 1.54) is 0 Å². The lowest BCUT2D eigenvalue weighted by molar-refractivity contribution is 0.0979. The molecule has 0 saturated heterocycles. The third-order valence-corrected chi connectivity index (χ3v) is 3.53. The third kappa shape index (κ3) is 3.28. The van der Waals surface area contributed by atoms with Gasteiger partial charge in [-0.3, -0.25) is 9.48 Å². The summed E-state index contributed by atoms with van der Waals surface area (Å²) in [6, 6.07) is 7.75. The van der Waals surface area contributed by atoms with Gasteiger partial charge >= 0.3 is 0 Å². The number of hydrogen-bond acceptors (Lipinski definition) is 3. The minimum Gasteiger partial charge on any atom is -0.493 e. The Hall–Kier alpha value is -1.62. The highest BCUT2D eigenvalue weighted by Crippen LogP contribution is 2.21.